The molecule has 2 fully saturated rings. The van der Waals surface area contributed by atoms with Gasteiger partial charge in [-0.05, 0) is 81.2 Å². The predicted molar refractivity (Wildman–Crippen MR) is 163 cm³/mol. The van der Waals surface area contributed by atoms with Gasteiger partial charge in [0.25, 0.3) is 0 Å². The number of ether oxygens (including phenoxy) is 2. The number of anilines is 2. The Morgan fingerprint density at radius 2 is 1.83 bits per heavy atom. The molecule has 0 unspecified atom stereocenters. The number of piperidine rings is 1. The van der Waals surface area contributed by atoms with Gasteiger partial charge in [-0.25, -0.2) is 0 Å². The molecule has 212 valence electrons. The Bertz CT molecular complexity index is 1530. The molecule has 2 aromatic heterocycles. The van der Waals surface area contributed by atoms with Crippen LogP contribution in [0, 0.1) is 25.2 Å². The van der Waals surface area contributed by atoms with Crippen LogP contribution >= 0.6 is 0 Å². The highest BCUT2D eigenvalue weighted by molar-refractivity contribution is 5.92. The van der Waals surface area contributed by atoms with Gasteiger partial charge in [0.15, 0.2) is 0 Å². The summed E-state index contributed by atoms with van der Waals surface area (Å²) < 4.78 is 11.6. The molecule has 0 bridgehead atoms. The number of nitrogens with one attached hydrogen (secondary N) is 2. The molecule has 8 nitrogen and oxygen atoms in total. The van der Waals surface area contributed by atoms with Crippen molar-refractivity contribution < 1.29 is 9.47 Å². The zero-order chi connectivity index (χ0) is 28.2. The molecule has 6 rings (SSSR count). The molecule has 0 aliphatic carbocycles. The summed E-state index contributed by atoms with van der Waals surface area (Å²) in [6.07, 6.45) is 6.03. The van der Waals surface area contributed by atoms with E-state index in [1.54, 1.807) is 6.20 Å². The van der Waals surface area contributed by atoms with Crippen LogP contribution in [0.4, 0.5) is 11.4 Å². The van der Waals surface area contributed by atoms with Crippen LogP contribution in [0.5, 0.6) is 5.75 Å². The fourth-order valence-corrected chi connectivity index (χ4v) is 6.19. The maximum absolute atomic E-state index is 9.93. The number of aromatic nitrogens is 2. The first-order valence-corrected chi connectivity index (χ1v) is 14.6. The lowest BCUT2D eigenvalue weighted by atomic mass is 9.99. The molecule has 2 aromatic carbocycles. The lowest BCUT2D eigenvalue weighted by Crippen LogP contribution is -2.49. The van der Waals surface area contributed by atoms with E-state index in [2.05, 4.69) is 68.4 Å². The molecule has 0 radical (unpaired) electrons. The summed E-state index contributed by atoms with van der Waals surface area (Å²) in [5.41, 5.74) is 7.24. The van der Waals surface area contributed by atoms with Crippen LogP contribution in [0.25, 0.3) is 22.0 Å². The Morgan fingerprint density at radius 1 is 1.05 bits per heavy atom. The Balaban J connectivity index is 1.11. The Kier molecular flexibility index (Phi) is 8.19. The van der Waals surface area contributed by atoms with Crippen LogP contribution < -0.4 is 10.1 Å². The zero-order valence-corrected chi connectivity index (χ0v) is 23.9. The molecule has 2 saturated heterocycles. The van der Waals surface area contributed by atoms with Gasteiger partial charge in [0.2, 0.25) is 0 Å². The third-order valence-corrected chi connectivity index (χ3v) is 8.59. The van der Waals surface area contributed by atoms with Crippen molar-refractivity contribution in [1.82, 2.24) is 19.8 Å². The van der Waals surface area contributed by atoms with Crippen molar-refractivity contribution in [2.24, 2.45) is 0 Å². The smallest absolute Gasteiger partial charge is 0.119 e. The number of aryl methyl sites for hydroxylation is 2. The second kappa shape index (κ2) is 12.3. The number of morpholine rings is 1. The summed E-state index contributed by atoms with van der Waals surface area (Å²) in [6.45, 7) is 11.8. The zero-order valence-electron chi connectivity index (χ0n) is 23.9. The Morgan fingerprint density at radius 3 is 2.59 bits per heavy atom. The number of fused-ring (bicyclic) bond motifs is 1. The molecule has 8 heteroatoms. The van der Waals surface area contributed by atoms with Gasteiger partial charge in [0.1, 0.15) is 18.4 Å². The minimum absolute atomic E-state index is 0.511. The highest BCUT2D eigenvalue weighted by atomic mass is 16.5. The van der Waals surface area contributed by atoms with Crippen LogP contribution in [0.2, 0.25) is 0 Å². The first kappa shape index (κ1) is 27.3. The van der Waals surface area contributed by atoms with Crippen molar-refractivity contribution >= 4 is 22.3 Å². The van der Waals surface area contributed by atoms with Crippen molar-refractivity contribution in [3.8, 4) is 22.9 Å². The van der Waals surface area contributed by atoms with Gasteiger partial charge in [-0.15, -0.1) is 0 Å². The quantitative estimate of drug-likeness (QED) is 0.294. The van der Waals surface area contributed by atoms with Crippen molar-refractivity contribution in [3.63, 3.8) is 0 Å². The first-order valence-electron chi connectivity index (χ1n) is 14.6. The van der Waals surface area contributed by atoms with Crippen molar-refractivity contribution in [2.45, 2.75) is 32.7 Å². The SMILES string of the molecule is Cc1ncc(C#N)c(Nc2ccc3[nH]ccc3c2C)c1-c1ccc(OCCN2CCC(N3CCOCC3)CC2)cc1. The maximum Gasteiger partial charge on any atom is 0.119 e. The molecular formula is C33H38N6O2. The van der Waals surface area contributed by atoms with Gasteiger partial charge < -0.3 is 19.8 Å². The van der Waals surface area contributed by atoms with E-state index in [-0.39, 0.29) is 0 Å². The predicted octanol–water partition coefficient (Wildman–Crippen LogP) is 5.64. The molecule has 2 aliphatic heterocycles. The molecule has 0 amide bonds. The summed E-state index contributed by atoms with van der Waals surface area (Å²) in [7, 11) is 0. The average Bonchev–Trinajstić information content (AvgIpc) is 3.50. The highest BCUT2D eigenvalue weighted by Gasteiger charge is 2.25. The molecule has 2 aliphatic rings. The second-order valence-electron chi connectivity index (χ2n) is 11.0. The number of hydrogen-bond donors (Lipinski definition) is 2. The van der Waals surface area contributed by atoms with E-state index < -0.39 is 0 Å². The van der Waals surface area contributed by atoms with E-state index in [1.165, 1.54) is 12.8 Å². The molecule has 0 saturated carbocycles. The minimum atomic E-state index is 0.511. The first-order chi connectivity index (χ1) is 20.1. The molecule has 0 spiro atoms. The molecular weight excluding hydrogens is 512 g/mol. The number of pyridine rings is 1. The number of likely N-dealkylation sites (tertiary alicyclic amines) is 1. The lowest BCUT2D eigenvalue weighted by molar-refractivity contribution is 0.0000705. The van der Waals surface area contributed by atoms with Gasteiger partial charge in [-0.3, -0.25) is 14.8 Å². The Hall–Kier alpha value is -3.90. The number of rotatable bonds is 8. The van der Waals surface area contributed by atoms with Gasteiger partial charge in [-0.2, -0.15) is 5.26 Å². The van der Waals surface area contributed by atoms with Crippen LogP contribution in [0.1, 0.15) is 29.7 Å². The Labute approximate surface area is 241 Å². The molecule has 4 aromatic rings. The van der Waals surface area contributed by atoms with E-state index in [1.807, 2.05) is 25.3 Å². The second-order valence-corrected chi connectivity index (χ2v) is 11.0. The third-order valence-electron chi connectivity index (χ3n) is 8.59. The third kappa shape index (κ3) is 5.94. The summed E-state index contributed by atoms with van der Waals surface area (Å²) in [5, 5.41) is 14.7. The number of nitriles is 1. The maximum atomic E-state index is 9.93. The molecule has 2 N–H and O–H groups in total. The van der Waals surface area contributed by atoms with E-state index in [9.17, 15) is 5.26 Å². The lowest BCUT2D eigenvalue weighted by Gasteiger charge is -2.40. The van der Waals surface area contributed by atoms with Crippen molar-refractivity contribution in [2.75, 3.05) is 57.9 Å². The number of nitrogens with zero attached hydrogens (tertiary/aromatic N) is 4. The van der Waals surface area contributed by atoms with Gasteiger partial charge in [-0.1, -0.05) is 12.1 Å². The normalized spacial score (nSPS) is 17.0. The van der Waals surface area contributed by atoms with Crippen molar-refractivity contribution in [1.29, 1.82) is 5.26 Å². The fraction of sp³-hybridized carbons (Fsp3) is 0.394. The van der Waals surface area contributed by atoms with E-state index in [0.717, 1.165) is 96.3 Å². The highest BCUT2D eigenvalue weighted by Crippen LogP contribution is 2.37. The summed E-state index contributed by atoms with van der Waals surface area (Å²) >= 11 is 0. The van der Waals surface area contributed by atoms with E-state index >= 15 is 0 Å². The molecule has 0 atom stereocenters. The minimum Gasteiger partial charge on any atom is -0.492 e. The molecule has 4 heterocycles. The number of aromatic amines is 1. The number of H-pyrrole nitrogens is 1. The van der Waals surface area contributed by atoms with Crippen LogP contribution in [0.15, 0.2) is 54.9 Å². The van der Waals surface area contributed by atoms with Crippen LogP contribution in [-0.4, -0.2) is 78.4 Å². The standard InChI is InChI=1S/C33H38N6O2/c1-23-29-9-12-35-31(29)8-7-30(23)37-33-26(21-34)22-36-24(2)32(33)25-3-5-28(6-4-25)41-20-15-38-13-10-27(11-14-38)39-16-18-40-19-17-39/h3-9,12,22,27,35H,10-11,13-20H2,1-2H3,(H,36,37). The topological polar surface area (TPSA) is 89.4 Å². The summed E-state index contributed by atoms with van der Waals surface area (Å²) in [4.78, 5) is 12.9. The van der Waals surface area contributed by atoms with Gasteiger partial charge >= 0.3 is 0 Å². The van der Waals surface area contributed by atoms with E-state index in [0.29, 0.717) is 18.2 Å². The summed E-state index contributed by atoms with van der Waals surface area (Å²) in [6, 6.07) is 17.4. The molecule has 41 heavy (non-hydrogen) atoms. The van der Waals surface area contributed by atoms with E-state index in [4.69, 9.17) is 9.47 Å². The summed E-state index contributed by atoms with van der Waals surface area (Å²) in [5.74, 6) is 0.849. The van der Waals surface area contributed by atoms with Crippen LogP contribution in [0.3, 0.4) is 0 Å². The number of hydrogen-bond acceptors (Lipinski definition) is 7. The fourth-order valence-electron chi connectivity index (χ4n) is 6.19. The van der Waals surface area contributed by atoms with Gasteiger partial charge in [0, 0.05) is 65.9 Å². The number of benzene rings is 2. The largest absolute Gasteiger partial charge is 0.492 e. The van der Waals surface area contributed by atoms with Gasteiger partial charge in [0.05, 0.1) is 24.5 Å². The van der Waals surface area contributed by atoms with Crippen molar-refractivity contribution in [3.05, 3.63) is 71.7 Å². The average molecular weight is 551 g/mol. The monoisotopic (exact) mass is 550 g/mol. The van der Waals surface area contributed by atoms with Crippen LogP contribution in [-0.2, 0) is 4.74 Å².